The molecule has 150 valence electrons. The summed E-state index contributed by atoms with van der Waals surface area (Å²) >= 11 is 0. The van der Waals surface area contributed by atoms with Gasteiger partial charge in [0.15, 0.2) is 0 Å². The molecule has 2 atom stereocenters. The monoisotopic (exact) mass is 406 g/mol. The van der Waals surface area contributed by atoms with Crippen molar-refractivity contribution in [3.63, 3.8) is 0 Å². The molecule has 0 saturated carbocycles. The average molecular weight is 406 g/mol. The normalized spacial score (nSPS) is 23.2. The second kappa shape index (κ2) is 6.10. The van der Waals surface area contributed by atoms with Gasteiger partial charge in [-0.3, -0.25) is 4.79 Å². The fourth-order valence-corrected chi connectivity index (χ4v) is 4.36. The van der Waals surface area contributed by atoms with Crippen LogP contribution >= 0.6 is 0 Å². The van der Waals surface area contributed by atoms with Crippen LogP contribution in [0.4, 0.5) is 13.2 Å². The standard InChI is InChI=1S/C17H21F3N2O4S/c1-9-5-10(26-27(24,25)17(18,19)20)6-11-12-7-21-8-13(12)22(16(2,3)4)15(23)14(9)11/h5-6,12-13,21H,7-8H2,1-4H3/t12-,13+/m0/s1. The van der Waals surface area contributed by atoms with Gasteiger partial charge in [0.1, 0.15) is 5.75 Å². The van der Waals surface area contributed by atoms with Gasteiger partial charge in [0.25, 0.3) is 5.91 Å². The van der Waals surface area contributed by atoms with Crippen LogP contribution < -0.4 is 9.50 Å². The Labute approximate surface area is 155 Å². The zero-order valence-corrected chi connectivity index (χ0v) is 16.2. The summed E-state index contributed by atoms with van der Waals surface area (Å²) in [5.74, 6) is -0.816. The number of benzene rings is 1. The van der Waals surface area contributed by atoms with E-state index in [1.165, 1.54) is 6.07 Å². The first kappa shape index (κ1) is 19.9. The SMILES string of the molecule is Cc1cc(OS(=O)(=O)C(F)(F)F)cc2c1C(=O)N(C(C)(C)C)[C@@H]1CNC[C@@H]21. The first-order chi connectivity index (χ1) is 12.2. The molecule has 2 heterocycles. The molecule has 0 bridgehead atoms. The van der Waals surface area contributed by atoms with Crippen LogP contribution in [0, 0.1) is 6.92 Å². The van der Waals surface area contributed by atoms with Crippen molar-refractivity contribution in [1.29, 1.82) is 0 Å². The molecule has 0 aromatic heterocycles. The van der Waals surface area contributed by atoms with Gasteiger partial charge in [0, 0.05) is 30.1 Å². The Hall–Kier alpha value is -1.81. The zero-order chi connectivity index (χ0) is 20.4. The number of rotatable bonds is 2. The van der Waals surface area contributed by atoms with E-state index in [0.29, 0.717) is 29.8 Å². The second-order valence-corrected chi connectivity index (χ2v) is 9.40. The summed E-state index contributed by atoms with van der Waals surface area (Å²) in [4.78, 5) is 14.9. The van der Waals surface area contributed by atoms with E-state index in [2.05, 4.69) is 9.50 Å². The number of fused-ring (bicyclic) bond motifs is 3. The van der Waals surface area contributed by atoms with Crippen molar-refractivity contribution in [3.8, 4) is 5.75 Å². The van der Waals surface area contributed by atoms with E-state index in [-0.39, 0.29) is 17.9 Å². The van der Waals surface area contributed by atoms with Gasteiger partial charge < -0.3 is 14.4 Å². The number of alkyl halides is 3. The molecule has 1 amide bonds. The quantitative estimate of drug-likeness (QED) is 0.604. The lowest BCUT2D eigenvalue weighted by molar-refractivity contribution is -0.0500. The fraction of sp³-hybridized carbons (Fsp3) is 0.588. The van der Waals surface area contributed by atoms with Crippen molar-refractivity contribution in [2.45, 2.75) is 50.7 Å². The summed E-state index contributed by atoms with van der Waals surface area (Å²) in [6, 6.07) is 2.23. The first-order valence-electron chi connectivity index (χ1n) is 8.44. The zero-order valence-electron chi connectivity index (χ0n) is 15.3. The molecule has 27 heavy (non-hydrogen) atoms. The second-order valence-electron chi connectivity index (χ2n) is 7.87. The minimum atomic E-state index is -5.77. The lowest BCUT2D eigenvalue weighted by Crippen LogP contribution is -2.56. The van der Waals surface area contributed by atoms with Crippen LogP contribution in [-0.2, 0) is 10.1 Å². The third-order valence-corrected chi connectivity index (χ3v) is 5.88. The van der Waals surface area contributed by atoms with E-state index < -0.39 is 26.9 Å². The fourth-order valence-electron chi connectivity index (χ4n) is 3.91. The average Bonchev–Trinajstić information content (AvgIpc) is 2.92. The van der Waals surface area contributed by atoms with E-state index >= 15 is 0 Å². The molecule has 0 spiro atoms. The molecule has 0 unspecified atom stereocenters. The minimum Gasteiger partial charge on any atom is -0.376 e. The molecule has 1 saturated heterocycles. The number of hydrogen-bond donors (Lipinski definition) is 1. The van der Waals surface area contributed by atoms with E-state index in [4.69, 9.17) is 0 Å². The predicted octanol–water partition coefficient (Wildman–Crippen LogP) is 2.53. The van der Waals surface area contributed by atoms with Crippen molar-refractivity contribution < 1.29 is 30.6 Å². The van der Waals surface area contributed by atoms with Crippen LogP contribution in [0.3, 0.4) is 0 Å². The molecular formula is C17H21F3N2O4S. The van der Waals surface area contributed by atoms with Gasteiger partial charge in [0.05, 0.1) is 6.04 Å². The largest absolute Gasteiger partial charge is 0.534 e. The highest BCUT2D eigenvalue weighted by Gasteiger charge is 2.50. The highest BCUT2D eigenvalue weighted by Crippen LogP contribution is 2.42. The summed E-state index contributed by atoms with van der Waals surface area (Å²) in [6.45, 7) is 8.42. The summed E-state index contributed by atoms with van der Waals surface area (Å²) in [7, 11) is -5.77. The van der Waals surface area contributed by atoms with Gasteiger partial charge >= 0.3 is 15.6 Å². The van der Waals surface area contributed by atoms with Crippen LogP contribution in [-0.4, -0.2) is 49.4 Å². The molecular weight excluding hydrogens is 385 g/mol. The van der Waals surface area contributed by atoms with E-state index in [9.17, 15) is 26.4 Å². The molecule has 1 aromatic carbocycles. The third-order valence-electron chi connectivity index (χ3n) is 4.90. The molecule has 2 aliphatic heterocycles. The number of carbonyl (C=O) groups is 1. The van der Waals surface area contributed by atoms with Gasteiger partial charge in [-0.1, -0.05) is 0 Å². The molecule has 2 aliphatic rings. The molecule has 1 fully saturated rings. The number of amides is 1. The maximum Gasteiger partial charge on any atom is 0.534 e. The van der Waals surface area contributed by atoms with Crippen LogP contribution in [0.2, 0.25) is 0 Å². The molecule has 6 nitrogen and oxygen atoms in total. The third kappa shape index (κ3) is 3.29. The van der Waals surface area contributed by atoms with E-state index in [0.717, 1.165) is 6.07 Å². The predicted molar refractivity (Wildman–Crippen MR) is 92.1 cm³/mol. The number of aryl methyl sites for hydroxylation is 1. The Balaban J connectivity index is 2.11. The highest BCUT2D eigenvalue weighted by atomic mass is 32.2. The molecule has 3 rings (SSSR count). The molecule has 1 aromatic rings. The number of nitrogens with zero attached hydrogens (tertiary/aromatic N) is 1. The number of nitrogens with one attached hydrogen (secondary N) is 1. The minimum absolute atomic E-state index is 0.159. The lowest BCUT2D eigenvalue weighted by atomic mass is 9.80. The van der Waals surface area contributed by atoms with Crippen LogP contribution in [0.25, 0.3) is 0 Å². The topological polar surface area (TPSA) is 75.7 Å². The molecule has 0 aliphatic carbocycles. The van der Waals surface area contributed by atoms with E-state index in [1.54, 1.807) is 11.8 Å². The molecule has 1 N–H and O–H groups in total. The van der Waals surface area contributed by atoms with Crippen molar-refractivity contribution >= 4 is 16.0 Å². The van der Waals surface area contributed by atoms with Crippen molar-refractivity contribution in [3.05, 3.63) is 28.8 Å². The maximum atomic E-state index is 13.1. The number of hydrogen-bond acceptors (Lipinski definition) is 5. The maximum absolute atomic E-state index is 13.1. The van der Waals surface area contributed by atoms with E-state index in [1.807, 2.05) is 20.8 Å². The highest BCUT2D eigenvalue weighted by molar-refractivity contribution is 7.88. The van der Waals surface area contributed by atoms with Gasteiger partial charge in [-0.2, -0.15) is 21.6 Å². The van der Waals surface area contributed by atoms with Gasteiger partial charge in [-0.15, -0.1) is 0 Å². The molecule has 10 heteroatoms. The Bertz CT molecular complexity index is 891. The number of halogens is 3. The first-order valence-corrected chi connectivity index (χ1v) is 9.84. The Morgan fingerprint density at radius 2 is 1.81 bits per heavy atom. The summed E-state index contributed by atoms with van der Waals surface area (Å²) < 4.78 is 64.9. The van der Waals surface area contributed by atoms with Crippen molar-refractivity contribution in [2.24, 2.45) is 0 Å². The van der Waals surface area contributed by atoms with Crippen molar-refractivity contribution in [1.82, 2.24) is 10.2 Å². The van der Waals surface area contributed by atoms with Crippen LogP contribution in [0.1, 0.15) is 48.2 Å². The molecule has 0 radical (unpaired) electrons. The van der Waals surface area contributed by atoms with Crippen LogP contribution in [0.15, 0.2) is 12.1 Å². The smallest absolute Gasteiger partial charge is 0.376 e. The Kier molecular flexibility index (Phi) is 4.50. The van der Waals surface area contributed by atoms with Gasteiger partial charge in [-0.25, -0.2) is 0 Å². The summed E-state index contributed by atoms with van der Waals surface area (Å²) in [5, 5.41) is 3.21. The van der Waals surface area contributed by atoms with Crippen molar-refractivity contribution in [2.75, 3.05) is 13.1 Å². The van der Waals surface area contributed by atoms with Crippen LogP contribution in [0.5, 0.6) is 5.75 Å². The van der Waals surface area contributed by atoms with Gasteiger partial charge in [-0.05, 0) is 51.0 Å². The summed E-state index contributed by atoms with van der Waals surface area (Å²) in [5.41, 5.74) is -4.67. The lowest BCUT2D eigenvalue weighted by Gasteiger charge is -2.46. The Morgan fingerprint density at radius 1 is 1.19 bits per heavy atom. The summed E-state index contributed by atoms with van der Waals surface area (Å²) in [6.07, 6.45) is 0. The number of carbonyl (C=O) groups excluding carboxylic acids is 1. The van der Waals surface area contributed by atoms with Gasteiger partial charge in [0.2, 0.25) is 0 Å². The Morgan fingerprint density at radius 3 is 2.37 bits per heavy atom.